The van der Waals surface area contributed by atoms with Gasteiger partial charge in [0, 0.05) is 23.0 Å². The van der Waals surface area contributed by atoms with Gasteiger partial charge in [-0.15, -0.1) is 0 Å². The van der Waals surface area contributed by atoms with Crippen molar-refractivity contribution in [1.82, 2.24) is 15.2 Å². The maximum Gasteiger partial charge on any atom is 0.339 e. The zero-order valence-electron chi connectivity index (χ0n) is 15.6. The van der Waals surface area contributed by atoms with Gasteiger partial charge in [0.25, 0.3) is 0 Å². The monoisotopic (exact) mass is 381 g/mol. The van der Waals surface area contributed by atoms with Crippen LogP contribution in [0, 0.1) is 0 Å². The van der Waals surface area contributed by atoms with E-state index in [0.29, 0.717) is 5.69 Å². The molecule has 4 aromatic rings. The second kappa shape index (κ2) is 8.67. The largest absolute Gasteiger partial charge is 0.339 e. The van der Waals surface area contributed by atoms with Gasteiger partial charge < -0.3 is 5.32 Å². The Morgan fingerprint density at radius 3 is 2.17 bits per heavy atom. The van der Waals surface area contributed by atoms with E-state index in [9.17, 15) is 4.79 Å². The molecule has 6 heteroatoms. The number of aromatic nitrogens is 2. The number of anilines is 1. The van der Waals surface area contributed by atoms with Crippen molar-refractivity contribution in [2.24, 2.45) is 5.10 Å². The first-order valence-corrected chi connectivity index (χ1v) is 9.15. The lowest BCUT2D eigenvalue weighted by atomic mass is 10.1. The van der Waals surface area contributed by atoms with Gasteiger partial charge in [-0.1, -0.05) is 66.7 Å². The summed E-state index contributed by atoms with van der Waals surface area (Å²) in [5, 5.41) is 11.5. The Balaban J connectivity index is 1.56. The van der Waals surface area contributed by atoms with Gasteiger partial charge in [-0.3, -0.25) is 0 Å². The van der Waals surface area contributed by atoms with Crippen molar-refractivity contribution in [3.05, 3.63) is 103 Å². The predicted molar refractivity (Wildman–Crippen MR) is 115 cm³/mol. The van der Waals surface area contributed by atoms with Gasteiger partial charge in [0.2, 0.25) is 0 Å². The Kier molecular flexibility index (Phi) is 5.43. The molecule has 29 heavy (non-hydrogen) atoms. The number of carbonyl (C=O) groups excluding carboxylic acids is 1. The number of amides is 2. The van der Waals surface area contributed by atoms with Crippen molar-refractivity contribution in [2.45, 2.75) is 0 Å². The quantitative estimate of drug-likeness (QED) is 0.389. The molecule has 4 rings (SSSR count). The van der Waals surface area contributed by atoms with Crippen molar-refractivity contribution in [3.8, 4) is 16.9 Å². The van der Waals surface area contributed by atoms with Gasteiger partial charge in [0.1, 0.15) is 5.69 Å². The van der Waals surface area contributed by atoms with Gasteiger partial charge in [-0.2, -0.15) is 10.2 Å². The molecule has 0 aliphatic carbocycles. The number of rotatable bonds is 5. The van der Waals surface area contributed by atoms with Crippen LogP contribution >= 0.6 is 0 Å². The molecule has 142 valence electrons. The maximum atomic E-state index is 12.0. The second-order valence-electron chi connectivity index (χ2n) is 6.27. The summed E-state index contributed by atoms with van der Waals surface area (Å²) in [6.45, 7) is 0. The van der Waals surface area contributed by atoms with Gasteiger partial charge in [0.15, 0.2) is 0 Å². The lowest BCUT2D eigenvalue weighted by Gasteiger charge is -2.03. The minimum Gasteiger partial charge on any atom is -0.307 e. The van der Waals surface area contributed by atoms with Crippen LogP contribution in [0.4, 0.5) is 10.5 Å². The van der Waals surface area contributed by atoms with E-state index in [2.05, 4.69) is 15.8 Å². The number of hydrogen-bond acceptors (Lipinski definition) is 3. The number of carbonyl (C=O) groups is 1. The molecule has 0 spiro atoms. The molecule has 0 aliphatic heterocycles. The highest BCUT2D eigenvalue weighted by molar-refractivity contribution is 5.92. The van der Waals surface area contributed by atoms with Crippen LogP contribution in [0.2, 0.25) is 0 Å². The van der Waals surface area contributed by atoms with E-state index >= 15 is 0 Å². The molecule has 0 aliphatic rings. The number of benzene rings is 3. The van der Waals surface area contributed by atoms with E-state index in [1.165, 1.54) is 0 Å². The fourth-order valence-electron chi connectivity index (χ4n) is 2.86. The van der Waals surface area contributed by atoms with Crippen molar-refractivity contribution in [3.63, 3.8) is 0 Å². The fraction of sp³-hybridized carbons (Fsp3) is 0. The first-order valence-electron chi connectivity index (χ1n) is 9.15. The Morgan fingerprint density at radius 2 is 1.48 bits per heavy atom. The summed E-state index contributed by atoms with van der Waals surface area (Å²) >= 11 is 0. The summed E-state index contributed by atoms with van der Waals surface area (Å²) < 4.78 is 1.80. The highest BCUT2D eigenvalue weighted by Crippen LogP contribution is 2.22. The average Bonchev–Trinajstić information content (AvgIpc) is 3.20. The third-order valence-corrected chi connectivity index (χ3v) is 4.21. The summed E-state index contributed by atoms with van der Waals surface area (Å²) in [5.74, 6) is 0. The minimum absolute atomic E-state index is 0.413. The second-order valence-corrected chi connectivity index (χ2v) is 6.27. The highest BCUT2D eigenvalue weighted by Gasteiger charge is 2.11. The van der Waals surface area contributed by atoms with Crippen molar-refractivity contribution >= 4 is 17.9 Å². The molecule has 0 fully saturated rings. The molecule has 0 bridgehead atoms. The summed E-state index contributed by atoms with van der Waals surface area (Å²) in [7, 11) is 0. The number of nitrogens with one attached hydrogen (secondary N) is 2. The van der Waals surface area contributed by atoms with E-state index in [1.54, 1.807) is 23.0 Å². The van der Waals surface area contributed by atoms with Crippen LogP contribution in [0.5, 0.6) is 0 Å². The standard InChI is InChI=1S/C23H19N5O/c29-23(25-20-12-6-2-7-13-20)26-24-16-19-17-28(21-14-8-3-9-15-21)27-22(19)18-10-4-1-5-11-18/h1-17H,(H2,25,26,29)/b24-16-. The zero-order valence-corrected chi connectivity index (χ0v) is 15.6. The SMILES string of the molecule is O=C(N/N=C\c1cn(-c2ccccc2)nc1-c1ccccc1)Nc1ccccc1. The van der Waals surface area contributed by atoms with Gasteiger partial charge in [-0.25, -0.2) is 14.9 Å². The molecule has 2 amide bonds. The molecular formula is C23H19N5O. The average molecular weight is 381 g/mol. The molecule has 6 nitrogen and oxygen atoms in total. The van der Waals surface area contributed by atoms with Crippen LogP contribution < -0.4 is 10.7 Å². The minimum atomic E-state index is -0.413. The Bertz CT molecular complexity index is 1110. The summed E-state index contributed by atoms with van der Waals surface area (Å²) in [5.41, 5.74) is 6.67. The number of para-hydroxylation sites is 2. The number of nitrogens with zero attached hydrogens (tertiary/aromatic N) is 3. The van der Waals surface area contributed by atoms with E-state index in [0.717, 1.165) is 22.5 Å². The highest BCUT2D eigenvalue weighted by atomic mass is 16.2. The number of hydrazone groups is 1. The van der Waals surface area contributed by atoms with Crippen molar-refractivity contribution in [2.75, 3.05) is 5.32 Å². The first-order chi connectivity index (χ1) is 14.3. The molecule has 0 saturated heterocycles. The Labute approximate surface area is 168 Å². The van der Waals surface area contributed by atoms with Crippen molar-refractivity contribution < 1.29 is 4.79 Å². The molecule has 1 heterocycles. The van der Waals surface area contributed by atoms with Crippen LogP contribution in [-0.4, -0.2) is 22.0 Å². The summed E-state index contributed by atoms with van der Waals surface area (Å²) in [4.78, 5) is 12.0. The summed E-state index contributed by atoms with van der Waals surface area (Å²) in [6.07, 6.45) is 3.48. The smallest absolute Gasteiger partial charge is 0.307 e. The van der Waals surface area contributed by atoms with E-state index < -0.39 is 6.03 Å². The topological polar surface area (TPSA) is 71.3 Å². The molecule has 0 radical (unpaired) electrons. The van der Waals surface area contributed by atoms with E-state index in [4.69, 9.17) is 5.10 Å². The molecule has 0 atom stereocenters. The molecule has 2 N–H and O–H groups in total. The number of urea groups is 1. The van der Waals surface area contributed by atoms with E-state index in [1.807, 2.05) is 85.1 Å². The summed E-state index contributed by atoms with van der Waals surface area (Å²) in [6, 6.07) is 28.5. The Morgan fingerprint density at radius 1 is 0.862 bits per heavy atom. The molecule has 1 aromatic heterocycles. The Hall–Kier alpha value is -4.19. The normalized spacial score (nSPS) is 10.8. The van der Waals surface area contributed by atoms with Gasteiger partial charge >= 0.3 is 6.03 Å². The third kappa shape index (κ3) is 4.56. The van der Waals surface area contributed by atoms with Gasteiger partial charge in [-0.05, 0) is 24.3 Å². The van der Waals surface area contributed by atoms with Crippen LogP contribution in [0.25, 0.3) is 16.9 Å². The molecule has 0 saturated carbocycles. The predicted octanol–water partition coefficient (Wildman–Crippen LogP) is 4.69. The molecule has 3 aromatic carbocycles. The third-order valence-electron chi connectivity index (χ3n) is 4.21. The van der Waals surface area contributed by atoms with E-state index in [-0.39, 0.29) is 0 Å². The van der Waals surface area contributed by atoms with Crippen LogP contribution in [0.1, 0.15) is 5.56 Å². The lowest BCUT2D eigenvalue weighted by Crippen LogP contribution is -2.24. The maximum absolute atomic E-state index is 12.0. The van der Waals surface area contributed by atoms with Crippen LogP contribution in [0.15, 0.2) is 102 Å². The first kappa shape index (κ1) is 18.2. The zero-order chi connectivity index (χ0) is 19.9. The number of hydrogen-bond donors (Lipinski definition) is 2. The fourth-order valence-corrected chi connectivity index (χ4v) is 2.86. The van der Waals surface area contributed by atoms with Crippen molar-refractivity contribution in [1.29, 1.82) is 0 Å². The van der Waals surface area contributed by atoms with Crippen LogP contribution in [-0.2, 0) is 0 Å². The van der Waals surface area contributed by atoms with Gasteiger partial charge in [0.05, 0.1) is 11.9 Å². The molecular weight excluding hydrogens is 362 g/mol. The lowest BCUT2D eigenvalue weighted by molar-refractivity contribution is 0.252. The molecule has 0 unspecified atom stereocenters. The van der Waals surface area contributed by atoms with Crippen LogP contribution in [0.3, 0.4) is 0 Å².